The lowest BCUT2D eigenvalue weighted by Gasteiger charge is -1.99. The molecule has 1 heterocycles. The summed E-state index contributed by atoms with van der Waals surface area (Å²) < 4.78 is 18.8. The molecule has 0 spiro atoms. The van der Waals surface area contributed by atoms with Gasteiger partial charge in [0.2, 0.25) is 5.89 Å². The van der Waals surface area contributed by atoms with Gasteiger partial charge in [0, 0.05) is 0 Å². The predicted octanol–water partition coefficient (Wildman–Crippen LogP) is 2.55. The van der Waals surface area contributed by atoms with Gasteiger partial charge in [0.15, 0.2) is 5.82 Å². The second-order valence-electron chi connectivity index (χ2n) is 3.34. The normalized spacial score (nSPS) is 12.8. The first-order chi connectivity index (χ1) is 7.59. The van der Waals surface area contributed by atoms with Crippen LogP contribution in [0.2, 0.25) is 5.02 Å². The fourth-order valence-corrected chi connectivity index (χ4v) is 1.37. The van der Waals surface area contributed by atoms with Crippen LogP contribution in [-0.2, 0) is 0 Å². The molecule has 0 saturated carbocycles. The van der Waals surface area contributed by atoms with Crippen molar-refractivity contribution in [2.75, 3.05) is 0 Å². The van der Waals surface area contributed by atoms with Crippen molar-refractivity contribution < 1.29 is 8.81 Å². The summed E-state index contributed by atoms with van der Waals surface area (Å²) >= 11 is 5.64. The average Bonchev–Trinajstić information content (AvgIpc) is 2.71. The highest BCUT2D eigenvalue weighted by atomic mass is 35.5. The summed E-state index contributed by atoms with van der Waals surface area (Å²) in [6.07, 6.45) is 0. The van der Waals surface area contributed by atoms with Gasteiger partial charge in [-0.15, -0.1) is 10.2 Å². The van der Waals surface area contributed by atoms with Gasteiger partial charge in [-0.05, 0) is 19.1 Å². The molecular formula is C10H9ClFN3O. The summed E-state index contributed by atoms with van der Waals surface area (Å²) in [4.78, 5) is 0. The molecule has 0 amide bonds. The van der Waals surface area contributed by atoms with Gasteiger partial charge < -0.3 is 10.2 Å². The van der Waals surface area contributed by atoms with Crippen molar-refractivity contribution in [2.45, 2.75) is 13.0 Å². The summed E-state index contributed by atoms with van der Waals surface area (Å²) in [5.41, 5.74) is 5.73. The van der Waals surface area contributed by atoms with Crippen LogP contribution < -0.4 is 5.73 Å². The Hall–Kier alpha value is -1.46. The van der Waals surface area contributed by atoms with E-state index in [-0.39, 0.29) is 28.4 Å². The molecule has 0 aliphatic rings. The number of hydrogen-bond donors (Lipinski definition) is 1. The lowest BCUT2D eigenvalue weighted by molar-refractivity contribution is 0.470. The van der Waals surface area contributed by atoms with Gasteiger partial charge in [0.05, 0.1) is 16.6 Å². The standard InChI is InChI=1S/C10H9ClFN3O/c1-5(13)9-14-15-10(16-9)6-3-2-4-7(11)8(6)12/h2-5H,13H2,1H3. The number of nitrogens with zero attached hydrogens (tertiary/aromatic N) is 2. The third-order valence-electron chi connectivity index (χ3n) is 2.01. The Labute approximate surface area is 96.2 Å². The Balaban J connectivity index is 2.47. The lowest BCUT2D eigenvalue weighted by Crippen LogP contribution is -2.04. The summed E-state index contributed by atoms with van der Waals surface area (Å²) in [5, 5.41) is 7.44. The third-order valence-corrected chi connectivity index (χ3v) is 2.30. The minimum atomic E-state index is -0.580. The van der Waals surface area contributed by atoms with E-state index in [1.165, 1.54) is 12.1 Å². The number of aromatic nitrogens is 2. The van der Waals surface area contributed by atoms with Crippen LogP contribution >= 0.6 is 11.6 Å². The van der Waals surface area contributed by atoms with Crippen molar-refractivity contribution in [2.24, 2.45) is 5.73 Å². The minimum Gasteiger partial charge on any atom is -0.419 e. The molecule has 4 nitrogen and oxygen atoms in total. The minimum absolute atomic E-state index is 0.0121. The molecule has 2 aromatic rings. The van der Waals surface area contributed by atoms with E-state index >= 15 is 0 Å². The van der Waals surface area contributed by atoms with E-state index in [4.69, 9.17) is 21.8 Å². The first kappa shape index (κ1) is 11.0. The Kier molecular flexibility index (Phi) is 2.89. The molecule has 84 valence electrons. The molecule has 0 aliphatic heterocycles. The Morgan fingerprint density at radius 3 is 2.81 bits per heavy atom. The number of rotatable bonds is 2. The van der Waals surface area contributed by atoms with Crippen molar-refractivity contribution in [3.05, 3.63) is 34.9 Å². The molecule has 2 N–H and O–H groups in total. The van der Waals surface area contributed by atoms with Crippen molar-refractivity contribution in [3.8, 4) is 11.5 Å². The van der Waals surface area contributed by atoms with Crippen LogP contribution in [0.1, 0.15) is 18.9 Å². The molecule has 2 rings (SSSR count). The van der Waals surface area contributed by atoms with E-state index in [9.17, 15) is 4.39 Å². The number of benzene rings is 1. The van der Waals surface area contributed by atoms with E-state index in [1.54, 1.807) is 13.0 Å². The maximum atomic E-state index is 13.6. The Bertz CT molecular complexity index is 513. The molecular weight excluding hydrogens is 233 g/mol. The quantitative estimate of drug-likeness (QED) is 0.878. The molecule has 16 heavy (non-hydrogen) atoms. The monoisotopic (exact) mass is 241 g/mol. The van der Waals surface area contributed by atoms with Crippen LogP contribution in [0.3, 0.4) is 0 Å². The Morgan fingerprint density at radius 2 is 2.19 bits per heavy atom. The first-order valence-electron chi connectivity index (χ1n) is 4.63. The van der Waals surface area contributed by atoms with Crippen LogP contribution in [0.15, 0.2) is 22.6 Å². The van der Waals surface area contributed by atoms with Crippen molar-refractivity contribution in [1.82, 2.24) is 10.2 Å². The van der Waals surface area contributed by atoms with Crippen molar-refractivity contribution >= 4 is 11.6 Å². The highest BCUT2D eigenvalue weighted by Crippen LogP contribution is 2.27. The summed E-state index contributed by atoms with van der Waals surface area (Å²) in [7, 11) is 0. The molecule has 1 atom stereocenters. The molecule has 0 saturated heterocycles. The summed E-state index contributed by atoms with van der Waals surface area (Å²) in [5.74, 6) is -0.245. The van der Waals surface area contributed by atoms with Gasteiger partial charge in [-0.1, -0.05) is 17.7 Å². The number of halogens is 2. The fraction of sp³-hybridized carbons (Fsp3) is 0.200. The maximum absolute atomic E-state index is 13.6. The van der Waals surface area contributed by atoms with Crippen LogP contribution in [0, 0.1) is 5.82 Å². The average molecular weight is 242 g/mol. The third kappa shape index (κ3) is 1.91. The van der Waals surface area contributed by atoms with Crippen LogP contribution in [0.25, 0.3) is 11.5 Å². The van der Waals surface area contributed by atoms with E-state index < -0.39 is 5.82 Å². The van der Waals surface area contributed by atoms with Crippen LogP contribution in [0.5, 0.6) is 0 Å². The largest absolute Gasteiger partial charge is 0.419 e. The van der Waals surface area contributed by atoms with Gasteiger partial charge in [0.25, 0.3) is 5.89 Å². The molecule has 6 heteroatoms. The predicted molar refractivity (Wildman–Crippen MR) is 57.3 cm³/mol. The molecule has 0 radical (unpaired) electrons. The van der Waals surface area contributed by atoms with Gasteiger partial charge in [-0.25, -0.2) is 4.39 Å². The molecule has 1 unspecified atom stereocenters. The zero-order chi connectivity index (χ0) is 11.7. The van der Waals surface area contributed by atoms with Crippen molar-refractivity contribution in [3.63, 3.8) is 0 Å². The van der Waals surface area contributed by atoms with Crippen LogP contribution in [0.4, 0.5) is 4.39 Å². The first-order valence-corrected chi connectivity index (χ1v) is 5.00. The second-order valence-corrected chi connectivity index (χ2v) is 3.74. The van der Waals surface area contributed by atoms with Crippen molar-refractivity contribution in [1.29, 1.82) is 0 Å². The van der Waals surface area contributed by atoms with Crippen LogP contribution in [-0.4, -0.2) is 10.2 Å². The van der Waals surface area contributed by atoms with E-state index in [1.807, 2.05) is 0 Å². The SMILES string of the molecule is CC(N)c1nnc(-c2cccc(Cl)c2F)o1. The summed E-state index contributed by atoms with van der Waals surface area (Å²) in [6.45, 7) is 1.70. The summed E-state index contributed by atoms with van der Waals surface area (Å²) in [6, 6.07) is 4.18. The Morgan fingerprint density at radius 1 is 1.44 bits per heavy atom. The number of nitrogens with two attached hydrogens (primary N) is 1. The van der Waals surface area contributed by atoms with Gasteiger partial charge in [-0.3, -0.25) is 0 Å². The second kappa shape index (κ2) is 4.19. The van der Waals surface area contributed by atoms with E-state index in [0.29, 0.717) is 0 Å². The fourth-order valence-electron chi connectivity index (χ4n) is 1.20. The molecule has 1 aromatic heterocycles. The van der Waals surface area contributed by atoms with E-state index in [2.05, 4.69) is 10.2 Å². The molecule has 1 aromatic carbocycles. The highest BCUT2D eigenvalue weighted by Gasteiger charge is 2.16. The maximum Gasteiger partial charge on any atom is 0.250 e. The van der Waals surface area contributed by atoms with Gasteiger partial charge in [-0.2, -0.15) is 0 Å². The molecule has 0 fully saturated rings. The highest BCUT2D eigenvalue weighted by molar-refractivity contribution is 6.31. The van der Waals surface area contributed by atoms with Gasteiger partial charge >= 0.3 is 0 Å². The molecule has 0 bridgehead atoms. The lowest BCUT2D eigenvalue weighted by atomic mass is 10.2. The zero-order valence-electron chi connectivity index (χ0n) is 8.45. The number of hydrogen-bond acceptors (Lipinski definition) is 4. The topological polar surface area (TPSA) is 64.9 Å². The van der Waals surface area contributed by atoms with Gasteiger partial charge in [0.1, 0.15) is 0 Å². The van der Waals surface area contributed by atoms with E-state index in [0.717, 1.165) is 0 Å². The molecule has 0 aliphatic carbocycles. The smallest absolute Gasteiger partial charge is 0.250 e. The zero-order valence-corrected chi connectivity index (χ0v) is 9.20.